The van der Waals surface area contributed by atoms with Gasteiger partial charge in [-0.3, -0.25) is 29.8 Å². The van der Waals surface area contributed by atoms with Crippen LogP contribution in [0.5, 0.6) is 0 Å². The van der Waals surface area contributed by atoms with Crippen molar-refractivity contribution in [1.29, 1.82) is 0 Å². The van der Waals surface area contributed by atoms with E-state index in [-0.39, 0.29) is 21.3 Å². The molecule has 39 heavy (non-hydrogen) atoms. The van der Waals surface area contributed by atoms with Crippen molar-refractivity contribution < 1.29 is 29.5 Å². The van der Waals surface area contributed by atoms with Crippen molar-refractivity contribution in [1.82, 2.24) is 8.75 Å². The number of nitro groups is 2. The van der Waals surface area contributed by atoms with Crippen LogP contribution in [-0.2, 0) is 0 Å². The predicted molar refractivity (Wildman–Crippen MR) is 155 cm³/mol. The maximum Gasteiger partial charge on any atom is 0.488 e. The Labute approximate surface area is 240 Å². The summed E-state index contributed by atoms with van der Waals surface area (Å²) in [7, 11) is -1.51. The van der Waals surface area contributed by atoms with Crippen molar-refractivity contribution >= 4 is 84.7 Å². The molecule has 0 aliphatic rings. The van der Waals surface area contributed by atoms with Crippen LogP contribution in [0.2, 0.25) is 0 Å². The highest BCUT2D eigenvalue weighted by Gasteiger charge is 2.18. The number of carbonyl (C=O) groups excluding carboxylic acids is 2. The van der Waals surface area contributed by atoms with Gasteiger partial charge in [0, 0.05) is 16.7 Å². The lowest BCUT2D eigenvalue weighted by Gasteiger charge is -1.99. The van der Waals surface area contributed by atoms with E-state index in [4.69, 9.17) is 21.5 Å². The van der Waals surface area contributed by atoms with Crippen LogP contribution >= 0.6 is 48.9 Å². The molecule has 0 saturated carbocycles. The van der Waals surface area contributed by atoms with Gasteiger partial charge in [-0.05, 0) is 68.7 Å². The first kappa shape index (κ1) is 33.4. The van der Waals surface area contributed by atoms with Crippen LogP contribution in [0.25, 0.3) is 10.4 Å². The van der Waals surface area contributed by atoms with Crippen molar-refractivity contribution in [2.45, 2.75) is 0 Å². The molecule has 0 aliphatic carbocycles. The number of nitrogens with zero attached hydrogens (tertiary/aromatic N) is 4. The molecule has 2 amide bonds. The van der Waals surface area contributed by atoms with E-state index in [1.807, 2.05) is 0 Å². The maximum atomic E-state index is 10.9. The van der Waals surface area contributed by atoms with E-state index in [0.29, 0.717) is 30.8 Å². The molecule has 19 heteroatoms. The summed E-state index contributed by atoms with van der Waals surface area (Å²) >= 11 is 5.08. The number of amides is 2. The summed E-state index contributed by atoms with van der Waals surface area (Å²) in [4.78, 5) is 41.7. The van der Waals surface area contributed by atoms with E-state index in [1.54, 1.807) is 12.1 Å². The fraction of sp³-hybridized carbons (Fsp3) is 0. The second kappa shape index (κ2) is 15.7. The maximum absolute atomic E-state index is 10.9. The number of carbonyl (C=O) groups is 2. The lowest BCUT2D eigenvalue weighted by molar-refractivity contribution is -0.385. The second-order valence-electron chi connectivity index (χ2n) is 6.84. The molecule has 2 aromatic heterocycles. The van der Waals surface area contributed by atoms with Crippen LogP contribution < -0.4 is 16.9 Å². The predicted octanol–water partition coefficient (Wildman–Crippen LogP) is 2.15. The minimum absolute atomic E-state index is 0. The van der Waals surface area contributed by atoms with Gasteiger partial charge < -0.3 is 21.5 Å². The summed E-state index contributed by atoms with van der Waals surface area (Å²) in [6, 6.07) is 12.0. The smallest absolute Gasteiger partial charge is 0.423 e. The highest BCUT2D eigenvalue weighted by Crippen LogP contribution is 2.33. The molecule has 2 aromatic carbocycles. The largest absolute Gasteiger partial charge is 0.488 e. The fourth-order valence-electron chi connectivity index (χ4n) is 2.51. The first-order valence-electron chi connectivity index (χ1n) is 9.92. The molecule has 4 rings (SSSR count). The Bertz CT molecular complexity index is 1440. The molecule has 0 aliphatic heterocycles. The summed E-state index contributed by atoms with van der Waals surface area (Å²) < 4.78 is 7.85. The van der Waals surface area contributed by atoms with E-state index < -0.39 is 28.8 Å². The Morgan fingerprint density at radius 3 is 1.62 bits per heavy atom. The number of hydrogen-bond acceptors (Lipinski definition) is 12. The Hall–Kier alpha value is -3.67. The minimum Gasteiger partial charge on any atom is -0.423 e. The molecule has 2 heterocycles. The van der Waals surface area contributed by atoms with E-state index in [0.717, 1.165) is 23.1 Å². The zero-order valence-electron chi connectivity index (χ0n) is 19.5. The molecule has 0 spiro atoms. The zero-order valence-corrected chi connectivity index (χ0v) is 24.2. The van der Waals surface area contributed by atoms with Crippen LogP contribution in [0.15, 0.2) is 64.7 Å². The molecule has 0 bridgehead atoms. The molecular weight excluding hydrogens is 638 g/mol. The van der Waals surface area contributed by atoms with Crippen LogP contribution in [-0.4, -0.2) is 47.6 Å². The molecular formula is C20H19BBrN6O8PS2. The van der Waals surface area contributed by atoms with E-state index in [2.05, 4.69) is 24.7 Å². The van der Waals surface area contributed by atoms with Crippen molar-refractivity contribution in [3.05, 3.63) is 96.1 Å². The van der Waals surface area contributed by atoms with E-state index >= 15 is 0 Å². The van der Waals surface area contributed by atoms with Gasteiger partial charge in [-0.2, -0.15) is 18.6 Å². The lowest BCUT2D eigenvalue weighted by atomic mass is 9.80. The van der Waals surface area contributed by atoms with Gasteiger partial charge >= 0.3 is 18.5 Å². The van der Waals surface area contributed by atoms with Gasteiger partial charge in [0.1, 0.15) is 17.3 Å². The standard InChI is InChI=1S/C10H7N3O3S.C7H8BNO3.C3HBrN2O2S.H3P/c11-10(14)7-3-1-6(2-4-7)9-8(13(15)16)5-12-17-9;9-7(10)5-1-3-6(4-2-5)8(11)12;4-3-2(6(7)8)1-5-9-3;/h1-5H,(H2,11,14);1-4,11-12H,(H2,9,10);1H;1H3. The number of halogens is 1. The monoisotopic (exact) mass is 656 g/mol. The van der Waals surface area contributed by atoms with Crippen molar-refractivity contribution in [2.75, 3.05) is 0 Å². The third-order valence-corrected chi connectivity index (χ3v) is 6.64. The first-order chi connectivity index (χ1) is 17.9. The van der Waals surface area contributed by atoms with Gasteiger partial charge in [-0.25, -0.2) is 0 Å². The summed E-state index contributed by atoms with van der Waals surface area (Å²) in [5, 5.41) is 38.1. The number of nitrogens with two attached hydrogens (primary N) is 2. The van der Waals surface area contributed by atoms with Gasteiger partial charge in [0.05, 0.1) is 9.85 Å². The SMILES string of the molecule is NC(=O)c1ccc(-c2sncc2[N+](=O)[O-])cc1.NC(=O)c1ccc(B(O)O)cc1.O=[N+]([O-])c1cnsc1Br.P. The Morgan fingerprint density at radius 1 is 0.821 bits per heavy atom. The highest BCUT2D eigenvalue weighted by molar-refractivity contribution is 9.11. The van der Waals surface area contributed by atoms with E-state index in [1.165, 1.54) is 48.8 Å². The van der Waals surface area contributed by atoms with Crippen LogP contribution in [0, 0.1) is 20.2 Å². The summed E-state index contributed by atoms with van der Waals surface area (Å²) in [5.74, 6) is -1.07. The first-order valence-corrected chi connectivity index (χ1v) is 12.3. The third kappa shape index (κ3) is 9.86. The Morgan fingerprint density at radius 2 is 1.26 bits per heavy atom. The molecule has 4 aromatic rings. The number of benzene rings is 2. The molecule has 0 saturated heterocycles. The molecule has 6 N–H and O–H groups in total. The Kier molecular flexibility index (Phi) is 13.4. The molecule has 14 nitrogen and oxygen atoms in total. The molecule has 0 fully saturated rings. The van der Waals surface area contributed by atoms with Gasteiger partial charge in [0.15, 0.2) is 3.79 Å². The summed E-state index contributed by atoms with van der Waals surface area (Å²) in [5.41, 5.74) is 11.8. The van der Waals surface area contributed by atoms with Crippen LogP contribution in [0.1, 0.15) is 20.7 Å². The molecule has 1 atom stereocenters. The third-order valence-electron chi connectivity index (χ3n) is 4.38. The van der Waals surface area contributed by atoms with E-state index in [9.17, 15) is 29.8 Å². The van der Waals surface area contributed by atoms with Gasteiger partial charge in [-0.1, -0.05) is 24.3 Å². The van der Waals surface area contributed by atoms with Crippen LogP contribution in [0.3, 0.4) is 0 Å². The fourth-order valence-corrected chi connectivity index (χ4v) is 4.19. The van der Waals surface area contributed by atoms with Gasteiger partial charge in [-0.15, -0.1) is 0 Å². The topological polar surface area (TPSA) is 239 Å². The molecule has 204 valence electrons. The Balaban J connectivity index is 0.000000305. The minimum atomic E-state index is -1.51. The zero-order chi connectivity index (χ0) is 28.4. The average molecular weight is 657 g/mol. The number of hydrogen-bond donors (Lipinski definition) is 4. The van der Waals surface area contributed by atoms with Gasteiger partial charge in [0.2, 0.25) is 11.8 Å². The average Bonchev–Trinajstić information content (AvgIpc) is 3.54. The number of rotatable bonds is 6. The van der Waals surface area contributed by atoms with Crippen molar-refractivity contribution in [2.24, 2.45) is 11.5 Å². The molecule has 0 radical (unpaired) electrons. The van der Waals surface area contributed by atoms with Crippen LogP contribution in [0.4, 0.5) is 11.4 Å². The van der Waals surface area contributed by atoms with Gasteiger partial charge in [0.25, 0.3) is 0 Å². The number of aromatic nitrogens is 2. The highest BCUT2D eigenvalue weighted by atomic mass is 79.9. The summed E-state index contributed by atoms with van der Waals surface area (Å²) in [6.07, 6.45) is 2.43. The number of primary amides is 2. The lowest BCUT2D eigenvalue weighted by Crippen LogP contribution is -2.29. The summed E-state index contributed by atoms with van der Waals surface area (Å²) in [6.45, 7) is 0. The van der Waals surface area contributed by atoms with Crippen molar-refractivity contribution in [3.8, 4) is 10.4 Å². The van der Waals surface area contributed by atoms with Crippen molar-refractivity contribution in [3.63, 3.8) is 0 Å². The molecule has 1 unspecified atom stereocenters. The second-order valence-corrected chi connectivity index (χ2v) is 9.76. The quantitative estimate of drug-likeness (QED) is 0.102. The normalized spacial score (nSPS) is 9.51.